The van der Waals surface area contributed by atoms with Gasteiger partial charge in [-0.05, 0) is 25.8 Å². The molecule has 96 valence electrons. The van der Waals surface area contributed by atoms with E-state index in [1.54, 1.807) is 0 Å². The fraction of sp³-hybridized carbons (Fsp3) is 0.923. The third-order valence-electron chi connectivity index (χ3n) is 3.70. The van der Waals surface area contributed by atoms with Crippen molar-refractivity contribution in [2.75, 3.05) is 20.1 Å². The quantitative estimate of drug-likeness (QED) is 0.695. The Bertz CT molecular complexity index is 212. The molecule has 1 N–H and O–H groups in total. The van der Waals surface area contributed by atoms with E-state index >= 15 is 0 Å². The van der Waals surface area contributed by atoms with E-state index in [0.29, 0.717) is 25.3 Å². The van der Waals surface area contributed by atoms with Gasteiger partial charge in [0.25, 0.3) is 0 Å². The highest BCUT2D eigenvalue weighted by Crippen LogP contribution is 2.28. The van der Waals surface area contributed by atoms with Crippen molar-refractivity contribution in [1.29, 1.82) is 0 Å². The molecule has 1 atom stereocenters. The number of carbonyl (C=O) groups is 1. The van der Waals surface area contributed by atoms with Crippen molar-refractivity contribution in [2.45, 2.75) is 47.0 Å². The summed E-state index contributed by atoms with van der Waals surface area (Å²) in [7, 11) is 2.02. The lowest BCUT2D eigenvalue weighted by Crippen LogP contribution is -2.42. The van der Waals surface area contributed by atoms with E-state index in [4.69, 9.17) is 0 Å². The molecule has 0 heterocycles. The molecule has 0 aliphatic carbocycles. The zero-order valence-electron chi connectivity index (χ0n) is 11.4. The van der Waals surface area contributed by atoms with Crippen molar-refractivity contribution >= 4 is 5.97 Å². The second-order valence-electron chi connectivity index (χ2n) is 5.00. The molecule has 0 spiro atoms. The molecule has 0 aliphatic heterocycles. The van der Waals surface area contributed by atoms with E-state index in [2.05, 4.69) is 18.7 Å². The van der Waals surface area contributed by atoms with E-state index in [1.165, 1.54) is 0 Å². The van der Waals surface area contributed by atoms with Gasteiger partial charge in [0.1, 0.15) is 0 Å². The summed E-state index contributed by atoms with van der Waals surface area (Å²) in [4.78, 5) is 13.5. The number of hydrogen-bond donors (Lipinski definition) is 1. The summed E-state index contributed by atoms with van der Waals surface area (Å²) in [5, 5.41) is 9.34. The van der Waals surface area contributed by atoms with Gasteiger partial charge in [0, 0.05) is 13.1 Å². The van der Waals surface area contributed by atoms with Crippen LogP contribution in [0.4, 0.5) is 0 Å². The molecule has 0 saturated heterocycles. The van der Waals surface area contributed by atoms with E-state index in [0.717, 1.165) is 13.0 Å². The zero-order valence-corrected chi connectivity index (χ0v) is 11.4. The average Bonchev–Trinajstić information content (AvgIpc) is 2.25. The number of carboxylic acid groups (broad SMARTS) is 1. The maximum Gasteiger partial charge on any atom is 0.310 e. The van der Waals surface area contributed by atoms with Crippen LogP contribution < -0.4 is 0 Å². The Hall–Kier alpha value is -0.570. The van der Waals surface area contributed by atoms with Gasteiger partial charge < -0.3 is 10.0 Å². The summed E-state index contributed by atoms with van der Waals surface area (Å²) >= 11 is 0. The average molecular weight is 229 g/mol. The topological polar surface area (TPSA) is 40.5 Å². The highest BCUT2D eigenvalue weighted by atomic mass is 16.4. The molecule has 1 unspecified atom stereocenters. The van der Waals surface area contributed by atoms with Gasteiger partial charge in [-0.15, -0.1) is 0 Å². The number of hydrogen-bond acceptors (Lipinski definition) is 2. The molecule has 3 heteroatoms. The number of carboxylic acids is 1. The zero-order chi connectivity index (χ0) is 12.8. The minimum absolute atomic E-state index is 0.567. The minimum Gasteiger partial charge on any atom is -0.481 e. The monoisotopic (exact) mass is 229 g/mol. The summed E-state index contributed by atoms with van der Waals surface area (Å²) in [6.45, 7) is 9.94. The van der Waals surface area contributed by atoms with E-state index in [-0.39, 0.29) is 0 Å². The molecule has 0 fully saturated rings. The Morgan fingerprint density at radius 2 is 1.81 bits per heavy atom. The number of aliphatic carboxylic acids is 1. The van der Waals surface area contributed by atoms with Crippen LogP contribution in [0.1, 0.15) is 47.0 Å². The summed E-state index contributed by atoms with van der Waals surface area (Å²) in [6.07, 6.45) is 2.54. The van der Waals surface area contributed by atoms with Crippen molar-refractivity contribution in [2.24, 2.45) is 11.3 Å². The normalized spacial score (nSPS) is 14.1. The largest absolute Gasteiger partial charge is 0.481 e. The van der Waals surface area contributed by atoms with E-state index in [1.807, 2.05) is 20.9 Å². The molecule has 0 aromatic heterocycles. The molecule has 0 amide bonds. The predicted molar refractivity (Wildman–Crippen MR) is 67.6 cm³/mol. The van der Waals surface area contributed by atoms with Crippen LogP contribution in [0.3, 0.4) is 0 Å². The molecule has 16 heavy (non-hydrogen) atoms. The summed E-state index contributed by atoms with van der Waals surface area (Å²) in [6, 6.07) is 0. The molecule has 0 radical (unpaired) electrons. The minimum atomic E-state index is -0.659. The molecule has 0 bridgehead atoms. The van der Waals surface area contributed by atoms with Crippen LogP contribution in [0.5, 0.6) is 0 Å². The molecule has 0 rings (SSSR count). The molecular weight excluding hydrogens is 202 g/mol. The van der Waals surface area contributed by atoms with Crippen LogP contribution in [-0.2, 0) is 4.79 Å². The predicted octanol–water partition coefficient (Wildman–Crippen LogP) is 2.86. The summed E-state index contributed by atoms with van der Waals surface area (Å²) in [5.74, 6) is -0.0290. The van der Waals surface area contributed by atoms with Crippen LogP contribution in [0.25, 0.3) is 0 Å². The smallest absolute Gasteiger partial charge is 0.310 e. The van der Waals surface area contributed by atoms with Gasteiger partial charge >= 0.3 is 5.97 Å². The van der Waals surface area contributed by atoms with Gasteiger partial charge in [-0.3, -0.25) is 4.79 Å². The van der Waals surface area contributed by atoms with E-state index in [9.17, 15) is 9.90 Å². The van der Waals surface area contributed by atoms with Gasteiger partial charge in [-0.2, -0.15) is 0 Å². The molecule has 0 aromatic rings. The molecule has 3 nitrogen and oxygen atoms in total. The first kappa shape index (κ1) is 15.4. The Morgan fingerprint density at radius 1 is 1.31 bits per heavy atom. The SMILES string of the molecule is CCC(C)CN(C)CC(CC)(CC)C(=O)O. The van der Waals surface area contributed by atoms with Gasteiger partial charge in [0.2, 0.25) is 0 Å². The Kier molecular flexibility index (Phi) is 6.65. The summed E-state index contributed by atoms with van der Waals surface area (Å²) < 4.78 is 0. The first-order chi connectivity index (χ1) is 7.41. The lowest BCUT2D eigenvalue weighted by Gasteiger charge is -2.32. The van der Waals surface area contributed by atoms with Crippen LogP contribution in [-0.4, -0.2) is 36.1 Å². The van der Waals surface area contributed by atoms with Crippen LogP contribution in [0.2, 0.25) is 0 Å². The van der Waals surface area contributed by atoms with Crippen LogP contribution >= 0.6 is 0 Å². The summed E-state index contributed by atoms with van der Waals surface area (Å²) in [5.41, 5.74) is -0.567. The standard InChI is InChI=1S/C13H27NO2/c1-6-11(4)9-14(5)10-13(7-2,8-3)12(15)16/h11H,6-10H2,1-5H3,(H,15,16). The van der Waals surface area contributed by atoms with Crippen molar-refractivity contribution in [1.82, 2.24) is 4.90 Å². The van der Waals surface area contributed by atoms with Crippen LogP contribution in [0.15, 0.2) is 0 Å². The Labute approximate surface area is 99.8 Å². The number of rotatable bonds is 8. The second-order valence-corrected chi connectivity index (χ2v) is 5.00. The third kappa shape index (κ3) is 4.12. The van der Waals surface area contributed by atoms with Crippen molar-refractivity contribution < 1.29 is 9.90 Å². The molecule has 0 aliphatic rings. The van der Waals surface area contributed by atoms with Gasteiger partial charge in [0.05, 0.1) is 5.41 Å². The van der Waals surface area contributed by atoms with Gasteiger partial charge in [-0.25, -0.2) is 0 Å². The second kappa shape index (κ2) is 6.89. The van der Waals surface area contributed by atoms with Crippen molar-refractivity contribution in [3.05, 3.63) is 0 Å². The van der Waals surface area contributed by atoms with Crippen molar-refractivity contribution in [3.8, 4) is 0 Å². The molecule has 0 aromatic carbocycles. The third-order valence-corrected chi connectivity index (χ3v) is 3.70. The maximum atomic E-state index is 11.3. The molecular formula is C13H27NO2. The lowest BCUT2D eigenvalue weighted by molar-refractivity contribution is -0.150. The fourth-order valence-corrected chi connectivity index (χ4v) is 2.09. The highest BCUT2D eigenvalue weighted by Gasteiger charge is 2.35. The molecule has 0 saturated carbocycles. The van der Waals surface area contributed by atoms with E-state index < -0.39 is 11.4 Å². The first-order valence-corrected chi connectivity index (χ1v) is 6.33. The fourth-order valence-electron chi connectivity index (χ4n) is 2.09. The first-order valence-electron chi connectivity index (χ1n) is 6.33. The van der Waals surface area contributed by atoms with Crippen LogP contribution in [0, 0.1) is 11.3 Å². The lowest BCUT2D eigenvalue weighted by atomic mass is 9.82. The number of nitrogens with zero attached hydrogens (tertiary/aromatic N) is 1. The van der Waals surface area contributed by atoms with Crippen molar-refractivity contribution in [3.63, 3.8) is 0 Å². The Morgan fingerprint density at radius 3 is 2.12 bits per heavy atom. The highest BCUT2D eigenvalue weighted by molar-refractivity contribution is 5.74. The van der Waals surface area contributed by atoms with Gasteiger partial charge in [0.15, 0.2) is 0 Å². The maximum absolute atomic E-state index is 11.3. The Balaban J connectivity index is 4.45. The van der Waals surface area contributed by atoms with Gasteiger partial charge in [-0.1, -0.05) is 34.1 Å².